The molecule has 1 aromatic carbocycles. The van der Waals surface area contributed by atoms with E-state index in [9.17, 15) is 0 Å². The normalized spacial score (nSPS) is 13.0. The zero-order valence-electron chi connectivity index (χ0n) is 11.7. The van der Waals surface area contributed by atoms with Crippen molar-refractivity contribution in [3.05, 3.63) is 35.4 Å². The van der Waals surface area contributed by atoms with Crippen LogP contribution in [0.2, 0.25) is 0 Å². The lowest BCUT2D eigenvalue weighted by atomic mass is 10.0. The van der Waals surface area contributed by atoms with Gasteiger partial charge in [-0.25, -0.2) is 0 Å². The van der Waals surface area contributed by atoms with E-state index in [0.717, 1.165) is 19.5 Å². The predicted molar refractivity (Wildman–Crippen MR) is 75.5 cm³/mol. The van der Waals surface area contributed by atoms with Crippen LogP contribution in [0.4, 0.5) is 0 Å². The zero-order valence-corrected chi connectivity index (χ0v) is 11.7. The molecule has 0 spiro atoms. The number of nitrogens with one attached hydrogen (secondary N) is 1. The molecule has 0 aromatic heterocycles. The van der Waals surface area contributed by atoms with Gasteiger partial charge in [0.25, 0.3) is 0 Å². The maximum atomic E-state index is 3.62. The molecule has 1 N–H and O–H groups in total. The largest absolute Gasteiger partial charge is 0.312 e. The van der Waals surface area contributed by atoms with E-state index in [1.807, 2.05) is 0 Å². The first kappa shape index (κ1) is 14.2. The number of rotatable bonds is 7. The molecule has 0 amide bonds. The van der Waals surface area contributed by atoms with Gasteiger partial charge in [-0.15, -0.1) is 0 Å². The lowest BCUT2D eigenvalue weighted by Gasteiger charge is -2.22. The van der Waals surface area contributed by atoms with Gasteiger partial charge in [0.15, 0.2) is 0 Å². The van der Waals surface area contributed by atoms with Crippen LogP contribution >= 0.6 is 0 Å². The third-order valence-corrected chi connectivity index (χ3v) is 2.87. The van der Waals surface area contributed by atoms with Crippen LogP contribution in [0.3, 0.4) is 0 Å². The Balaban J connectivity index is 2.54. The van der Waals surface area contributed by atoms with Gasteiger partial charge >= 0.3 is 0 Å². The molecular weight excluding hydrogens is 208 g/mol. The van der Waals surface area contributed by atoms with Crippen molar-refractivity contribution in [3.8, 4) is 0 Å². The summed E-state index contributed by atoms with van der Waals surface area (Å²) in [4.78, 5) is 2.25. The van der Waals surface area contributed by atoms with Crippen LogP contribution in [0.15, 0.2) is 24.3 Å². The maximum absolute atomic E-state index is 3.62. The smallest absolute Gasteiger partial charge is 0.0235 e. The minimum atomic E-state index is 0.549. The topological polar surface area (TPSA) is 15.3 Å². The van der Waals surface area contributed by atoms with Crippen LogP contribution in [0.5, 0.6) is 0 Å². The molecule has 1 unspecified atom stereocenters. The quantitative estimate of drug-likeness (QED) is 0.779. The van der Waals surface area contributed by atoms with Gasteiger partial charge in [-0.1, -0.05) is 36.8 Å². The molecule has 1 rings (SSSR count). The third kappa shape index (κ3) is 5.85. The van der Waals surface area contributed by atoms with Gasteiger partial charge in [-0.2, -0.15) is 0 Å². The molecule has 2 heteroatoms. The average Bonchev–Trinajstić information content (AvgIpc) is 2.28. The van der Waals surface area contributed by atoms with Crippen molar-refractivity contribution in [3.63, 3.8) is 0 Å². The Morgan fingerprint density at radius 1 is 1.18 bits per heavy atom. The standard InChI is InChI=1S/C15H26N2/c1-5-10-16-15(12-17(3)4)11-14-8-6-13(2)7-9-14/h6-9,15-16H,5,10-12H2,1-4H3. The molecule has 96 valence electrons. The molecule has 0 aliphatic carbocycles. The summed E-state index contributed by atoms with van der Waals surface area (Å²) in [5, 5.41) is 3.62. The van der Waals surface area contributed by atoms with Crippen molar-refractivity contribution < 1.29 is 0 Å². The molecule has 1 atom stereocenters. The molecular formula is C15H26N2. The molecule has 0 heterocycles. The maximum Gasteiger partial charge on any atom is 0.0235 e. The fourth-order valence-corrected chi connectivity index (χ4v) is 2.00. The van der Waals surface area contributed by atoms with Gasteiger partial charge in [0.05, 0.1) is 0 Å². The van der Waals surface area contributed by atoms with E-state index in [1.165, 1.54) is 17.5 Å². The van der Waals surface area contributed by atoms with E-state index in [1.54, 1.807) is 0 Å². The van der Waals surface area contributed by atoms with Crippen LogP contribution in [0.25, 0.3) is 0 Å². The number of benzene rings is 1. The van der Waals surface area contributed by atoms with E-state index in [2.05, 4.69) is 62.4 Å². The van der Waals surface area contributed by atoms with Crippen molar-refractivity contribution in [2.24, 2.45) is 0 Å². The summed E-state index contributed by atoms with van der Waals surface area (Å²) in [6, 6.07) is 9.42. The minimum absolute atomic E-state index is 0.549. The van der Waals surface area contributed by atoms with Gasteiger partial charge < -0.3 is 10.2 Å². The first-order chi connectivity index (χ1) is 8.11. The summed E-state index contributed by atoms with van der Waals surface area (Å²) in [6.45, 7) is 6.54. The Kier molecular flexibility index (Phi) is 6.23. The highest BCUT2D eigenvalue weighted by Gasteiger charge is 2.09. The SMILES string of the molecule is CCCNC(Cc1ccc(C)cc1)CN(C)C. The van der Waals surface area contributed by atoms with E-state index in [0.29, 0.717) is 6.04 Å². The Morgan fingerprint density at radius 2 is 1.82 bits per heavy atom. The highest BCUT2D eigenvalue weighted by molar-refractivity contribution is 5.22. The van der Waals surface area contributed by atoms with Gasteiger partial charge in [0, 0.05) is 12.6 Å². The van der Waals surface area contributed by atoms with Crippen molar-refractivity contribution in [2.75, 3.05) is 27.2 Å². The fourth-order valence-electron chi connectivity index (χ4n) is 2.00. The van der Waals surface area contributed by atoms with Gasteiger partial charge in [0.1, 0.15) is 0 Å². The number of hydrogen-bond acceptors (Lipinski definition) is 2. The van der Waals surface area contributed by atoms with Crippen LogP contribution in [-0.2, 0) is 6.42 Å². The van der Waals surface area contributed by atoms with E-state index in [-0.39, 0.29) is 0 Å². The highest BCUT2D eigenvalue weighted by atomic mass is 15.1. The zero-order chi connectivity index (χ0) is 12.7. The van der Waals surface area contributed by atoms with Crippen molar-refractivity contribution in [1.82, 2.24) is 10.2 Å². The first-order valence-corrected chi connectivity index (χ1v) is 6.55. The second-order valence-electron chi connectivity index (χ2n) is 5.10. The van der Waals surface area contributed by atoms with Crippen molar-refractivity contribution in [1.29, 1.82) is 0 Å². The van der Waals surface area contributed by atoms with Gasteiger partial charge in [-0.05, 0) is 46.0 Å². The highest BCUT2D eigenvalue weighted by Crippen LogP contribution is 2.06. The second kappa shape index (κ2) is 7.46. The van der Waals surface area contributed by atoms with Crippen LogP contribution in [-0.4, -0.2) is 38.1 Å². The van der Waals surface area contributed by atoms with Crippen LogP contribution in [0.1, 0.15) is 24.5 Å². The molecule has 1 aromatic rings. The molecule has 0 aliphatic rings. The number of aryl methyl sites for hydroxylation is 1. The molecule has 2 nitrogen and oxygen atoms in total. The minimum Gasteiger partial charge on any atom is -0.312 e. The summed E-state index contributed by atoms with van der Waals surface area (Å²) >= 11 is 0. The molecule has 0 bridgehead atoms. The lowest BCUT2D eigenvalue weighted by Crippen LogP contribution is -2.40. The number of likely N-dealkylation sites (N-methyl/N-ethyl adjacent to an activating group) is 1. The molecule has 0 fully saturated rings. The van der Waals surface area contributed by atoms with E-state index < -0.39 is 0 Å². The monoisotopic (exact) mass is 234 g/mol. The lowest BCUT2D eigenvalue weighted by molar-refractivity contribution is 0.336. The fraction of sp³-hybridized carbons (Fsp3) is 0.600. The van der Waals surface area contributed by atoms with Gasteiger partial charge in [0.2, 0.25) is 0 Å². The Bertz CT molecular complexity index is 303. The molecule has 0 radical (unpaired) electrons. The summed E-state index contributed by atoms with van der Waals surface area (Å²) in [7, 11) is 4.27. The first-order valence-electron chi connectivity index (χ1n) is 6.55. The molecule has 0 saturated heterocycles. The Hall–Kier alpha value is -0.860. The Morgan fingerprint density at radius 3 is 2.35 bits per heavy atom. The van der Waals surface area contributed by atoms with Crippen molar-refractivity contribution >= 4 is 0 Å². The average molecular weight is 234 g/mol. The van der Waals surface area contributed by atoms with Crippen molar-refractivity contribution in [2.45, 2.75) is 32.7 Å². The van der Waals surface area contributed by atoms with Crippen LogP contribution in [0, 0.1) is 6.92 Å². The number of nitrogens with zero attached hydrogens (tertiary/aromatic N) is 1. The summed E-state index contributed by atoms with van der Waals surface area (Å²) in [5.41, 5.74) is 2.76. The molecule has 17 heavy (non-hydrogen) atoms. The van der Waals surface area contributed by atoms with E-state index in [4.69, 9.17) is 0 Å². The molecule has 0 aliphatic heterocycles. The number of hydrogen-bond donors (Lipinski definition) is 1. The van der Waals surface area contributed by atoms with E-state index >= 15 is 0 Å². The summed E-state index contributed by atoms with van der Waals surface area (Å²) in [6.07, 6.45) is 2.30. The summed E-state index contributed by atoms with van der Waals surface area (Å²) < 4.78 is 0. The third-order valence-electron chi connectivity index (χ3n) is 2.87. The summed E-state index contributed by atoms with van der Waals surface area (Å²) in [5.74, 6) is 0. The second-order valence-corrected chi connectivity index (χ2v) is 5.10. The predicted octanol–water partition coefficient (Wildman–Crippen LogP) is 2.47. The molecule has 0 saturated carbocycles. The van der Waals surface area contributed by atoms with Gasteiger partial charge in [-0.3, -0.25) is 0 Å². The van der Waals surface area contributed by atoms with Crippen LogP contribution < -0.4 is 5.32 Å². The Labute approximate surface area is 106 Å².